The highest BCUT2D eigenvalue weighted by Crippen LogP contribution is 2.34. The molecule has 1 atom stereocenters. The predicted molar refractivity (Wildman–Crippen MR) is 138 cm³/mol. The first-order valence-corrected chi connectivity index (χ1v) is 13.3. The SMILES string of the molecule is CCCN1C(=O)[C@H](CCCCNC(=O)OCc2ccccc2)NC(=O)C12CCN(Cc1ccco1)CC2. The normalized spacial score (nSPS) is 19.6. The van der Waals surface area contributed by atoms with Crippen LogP contribution < -0.4 is 10.6 Å². The summed E-state index contributed by atoms with van der Waals surface area (Å²) in [7, 11) is 0. The second-order valence-electron chi connectivity index (χ2n) is 9.89. The molecule has 0 aliphatic carbocycles. The molecule has 200 valence electrons. The molecule has 0 unspecified atom stereocenters. The van der Waals surface area contributed by atoms with Gasteiger partial charge in [0.1, 0.15) is 23.9 Å². The van der Waals surface area contributed by atoms with Crippen LogP contribution in [0.15, 0.2) is 53.1 Å². The molecule has 37 heavy (non-hydrogen) atoms. The van der Waals surface area contributed by atoms with Crippen LogP contribution in [-0.4, -0.2) is 65.5 Å². The molecule has 1 spiro atoms. The largest absolute Gasteiger partial charge is 0.468 e. The summed E-state index contributed by atoms with van der Waals surface area (Å²) in [6.07, 6.45) is 5.20. The zero-order valence-electron chi connectivity index (χ0n) is 21.6. The lowest BCUT2D eigenvalue weighted by Crippen LogP contribution is -2.72. The molecule has 3 amide bonds. The number of unbranched alkanes of at least 4 members (excludes halogenated alkanes) is 1. The van der Waals surface area contributed by atoms with Gasteiger partial charge in [-0.25, -0.2) is 4.79 Å². The molecule has 9 nitrogen and oxygen atoms in total. The van der Waals surface area contributed by atoms with E-state index in [-0.39, 0.29) is 18.4 Å². The molecule has 1 aromatic heterocycles. The molecule has 2 fully saturated rings. The Morgan fingerprint density at radius 2 is 1.92 bits per heavy atom. The fraction of sp³-hybridized carbons (Fsp3) is 0.536. The third-order valence-electron chi connectivity index (χ3n) is 7.30. The van der Waals surface area contributed by atoms with Gasteiger partial charge in [0.2, 0.25) is 11.8 Å². The summed E-state index contributed by atoms with van der Waals surface area (Å²) in [5, 5.41) is 5.79. The number of benzene rings is 1. The lowest BCUT2D eigenvalue weighted by Gasteiger charge is -2.51. The highest BCUT2D eigenvalue weighted by atomic mass is 16.5. The number of amides is 3. The molecule has 0 saturated carbocycles. The van der Waals surface area contributed by atoms with E-state index < -0.39 is 17.7 Å². The van der Waals surface area contributed by atoms with Crippen LogP contribution in [0.5, 0.6) is 0 Å². The molecule has 2 aliphatic heterocycles. The zero-order chi connectivity index (χ0) is 26.1. The number of ether oxygens (including phenoxy) is 1. The summed E-state index contributed by atoms with van der Waals surface area (Å²) >= 11 is 0. The van der Waals surface area contributed by atoms with Crippen molar-refractivity contribution in [3.63, 3.8) is 0 Å². The van der Waals surface area contributed by atoms with E-state index in [4.69, 9.17) is 9.15 Å². The second-order valence-corrected chi connectivity index (χ2v) is 9.89. The first-order chi connectivity index (χ1) is 18.0. The Balaban J connectivity index is 1.22. The molecule has 4 rings (SSSR count). The standard InChI is InChI=1S/C28H38N4O5/c1-2-16-32-25(33)24(12-6-7-15-29-27(35)37-21-22-9-4-3-5-10-22)30-26(34)28(32)13-17-31(18-14-28)20-23-11-8-19-36-23/h3-5,8-11,19,24H,2,6-7,12-18,20-21H2,1H3,(H,29,35)(H,30,34)/t24-/m0/s1. The lowest BCUT2D eigenvalue weighted by atomic mass is 9.81. The van der Waals surface area contributed by atoms with Gasteiger partial charge in [0.25, 0.3) is 0 Å². The van der Waals surface area contributed by atoms with E-state index >= 15 is 0 Å². The van der Waals surface area contributed by atoms with E-state index in [9.17, 15) is 14.4 Å². The molecule has 2 saturated heterocycles. The first-order valence-electron chi connectivity index (χ1n) is 13.3. The Hall–Kier alpha value is -3.33. The van der Waals surface area contributed by atoms with Gasteiger partial charge in [-0.3, -0.25) is 14.5 Å². The maximum absolute atomic E-state index is 13.5. The molecule has 0 radical (unpaired) electrons. The average molecular weight is 511 g/mol. The zero-order valence-corrected chi connectivity index (χ0v) is 21.6. The minimum Gasteiger partial charge on any atom is -0.468 e. The van der Waals surface area contributed by atoms with Crippen LogP contribution >= 0.6 is 0 Å². The Morgan fingerprint density at radius 1 is 1.14 bits per heavy atom. The van der Waals surface area contributed by atoms with Gasteiger partial charge >= 0.3 is 6.09 Å². The van der Waals surface area contributed by atoms with Crippen molar-refractivity contribution in [2.45, 2.75) is 70.2 Å². The minimum atomic E-state index is -0.771. The van der Waals surface area contributed by atoms with Crippen molar-refractivity contribution in [2.75, 3.05) is 26.2 Å². The van der Waals surface area contributed by atoms with Crippen LogP contribution in [0.4, 0.5) is 4.79 Å². The summed E-state index contributed by atoms with van der Waals surface area (Å²) < 4.78 is 10.7. The van der Waals surface area contributed by atoms with Gasteiger partial charge in [-0.15, -0.1) is 0 Å². The number of furan rings is 1. The van der Waals surface area contributed by atoms with E-state index in [1.54, 1.807) is 6.26 Å². The van der Waals surface area contributed by atoms with Gasteiger partial charge < -0.3 is 24.7 Å². The summed E-state index contributed by atoms with van der Waals surface area (Å²) in [4.78, 5) is 42.9. The van der Waals surface area contributed by atoms with Gasteiger partial charge in [-0.05, 0) is 56.2 Å². The van der Waals surface area contributed by atoms with Crippen LogP contribution in [0.2, 0.25) is 0 Å². The van der Waals surface area contributed by atoms with Crippen LogP contribution in [0.1, 0.15) is 56.8 Å². The van der Waals surface area contributed by atoms with E-state index in [1.807, 2.05) is 54.3 Å². The molecular formula is C28H38N4O5. The Labute approximate surface area is 218 Å². The van der Waals surface area contributed by atoms with E-state index in [2.05, 4.69) is 15.5 Å². The van der Waals surface area contributed by atoms with Crippen molar-refractivity contribution >= 4 is 17.9 Å². The fourth-order valence-corrected chi connectivity index (χ4v) is 5.26. The van der Waals surface area contributed by atoms with E-state index in [1.165, 1.54) is 0 Å². The number of hydrogen-bond acceptors (Lipinski definition) is 6. The van der Waals surface area contributed by atoms with Crippen LogP contribution in [0.25, 0.3) is 0 Å². The Bertz CT molecular complexity index is 1020. The van der Waals surface area contributed by atoms with E-state index in [0.717, 1.165) is 30.8 Å². The molecule has 2 N–H and O–H groups in total. The number of piperazine rings is 1. The number of alkyl carbamates (subject to hydrolysis) is 1. The quantitative estimate of drug-likeness (QED) is 0.449. The number of rotatable bonds is 11. The number of piperidine rings is 1. The summed E-state index contributed by atoms with van der Waals surface area (Å²) in [5.74, 6) is 0.881. The molecule has 9 heteroatoms. The van der Waals surface area contributed by atoms with Gasteiger partial charge in [-0.2, -0.15) is 0 Å². The monoisotopic (exact) mass is 510 g/mol. The van der Waals surface area contributed by atoms with Crippen molar-refractivity contribution in [3.05, 3.63) is 60.1 Å². The molecule has 3 heterocycles. The maximum atomic E-state index is 13.5. The number of hydrogen-bond donors (Lipinski definition) is 2. The van der Waals surface area contributed by atoms with Crippen molar-refractivity contribution in [2.24, 2.45) is 0 Å². The smallest absolute Gasteiger partial charge is 0.407 e. The highest BCUT2D eigenvalue weighted by Gasteiger charge is 2.53. The number of nitrogens with one attached hydrogen (secondary N) is 2. The van der Waals surface area contributed by atoms with Gasteiger partial charge in [0.05, 0.1) is 12.8 Å². The van der Waals surface area contributed by atoms with Crippen LogP contribution in [-0.2, 0) is 27.5 Å². The van der Waals surface area contributed by atoms with Crippen LogP contribution in [0, 0.1) is 0 Å². The number of nitrogens with zero attached hydrogens (tertiary/aromatic N) is 2. The lowest BCUT2D eigenvalue weighted by molar-refractivity contribution is -0.161. The van der Waals surface area contributed by atoms with E-state index in [0.29, 0.717) is 51.7 Å². The third kappa shape index (κ3) is 6.71. The molecule has 2 aliphatic rings. The molecule has 0 bridgehead atoms. The maximum Gasteiger partial charge on any atom is 0.407 e. The summed E-state index contributed by atoms with van der Waals surface area (Å²) in [5.41, 5.74) is 0.162. The van der Waals surface area contributed by atoms with Gasteiger partial charge in [-0.1, -0.05) is 37.3 Å². The molecule has 1 aromatic carbocycles. The van der Waals surface area contributed by atoms with Crippen molar-refractivity contribution < 1.29 is 23.5 Å². The summed E-state index contributed by atoms with van der Waals surface area (Å²) in [6.45, 7) is 5.48. The van der Waals surface area contributed by atoms with Crippen molar-refractivity contribution in [3.8, 4) is 0 Å². The fourth-order valence-electron chi connectivity index (χ4n) is 5.26. The van der Waals surface area contributed by atoms with Gasteiger partial charge in [0.15, 0.2) is 0 Å². The van der Waals surface area contributed by atoms with Crippen LogP contribution in [0.3, 0.4) is 0 Å². The topological polar surface area (TPSA) is 104 Å². The molecule has 2 aromatic rings. The number of likely N-dealkylation sites (tertiary alicyclic amines) is 1. The number of carbonyl (C=O) groups excluding carboxylic acids is 3. The Kier molecular flexibility index (Phi) is 9.22. The first kappa shape index (κ1) is 26.7. The molecular weight excluding hydrogens is 472 g/mol. The predicted octanol–water partition coefficient (Wildman–Crippen LogP) is 3.45. The second kappa shape index (κ2) is 12.8. The van der Waals surface area contributed by atoms with Crippen molar-refractivity contribution in [1.82, 2.24) is 20.4 Å². The van der Waals surface area contributed by atoms with Crippen molar-refractivity contribution in [1.29, 1.82) is 0 Å². The third-order valence-corrected chi connectivity index (χ3v) is 7.30. The Morgan fingerprint density at radius 3 is 2.62 bits per heavy atom. The highest BCUT2D eigenvalue weighted by molar-refractivity contribution is 6.00. The minimum absolute atomic E-state index is 0.0103. The number of carbonyl (C=O) groups is 3. The van der Waals surface area contributed by atoms with Gasteiger partial charge in [0, 0.05) is 26.2 Å². The summed E-state index contributed by atoms with van der Waals surface area (Å²) in [6, 6.07) is 12.8. The average Bonchev–Trinajstić information content (AvgIpc) is 3.43.